The lowest BCUT2D eigenvalue weighted by molar-refractivity contribution is -0.267. The van der Waals surface area contributed by atoms with E-state index >= 15 is 0 Å². The summed E-state index contributed by atoms with van der Waals surface area (Å²) in [5.74, 6) is -7.88. The Hall–Kier alpha value is -1.38. The molecule has 1 aromatic rings. The topological polar surface area (TPSA) is 32.3 Å². The van der Waals surface area contributed by atoms with Crippen molar-refractivity contribution >= 4 is 33.2 Å². The highest BCUT2D eigenvalue weighted by molar-refractivity contribution is 9.10. The predicted octanol–water partition coefficient (Wildman–Crippen LogP) is 3.65. The van der Waals surface area contributed by atoms with Gasteiger partial charge in [0.05, 0.1) is 11.4 Å². The molecule has 1 aromatic carbocycles. The first kappa shape index (κ1) is 16.7. The molecule has 0 bridgehead atoms. The fourth-order valence-electron chi connectivity index (χ4n) is 1.33. The summed E-state index contributed by atoms with van der Waals surface area (Å²) in [6.07, 6.45) is -5.94. The lowest BCUT2D eigenvalue weighted by Gasteiger charge is -2.22. The second-order valence-electron chi connectivity index (χ2n) is 4.08. The molecule has 0 aliphatic rings. The normalized spacial score (nSPS) is 12.2. The molecule has 0 spiro atoms. The van der Waals surface area contributed by atoms with Crippen LogP contribution in [0.4, 0.5) is 33.3 Å². The highest BCUT2D eigenvalue weighted by Crippen LogP contribution is 2.37. The molecule has 9 heteroatoms. The number of amides is 1. The largest absolute Gasteiger partial charge is 0.463 e. The molecule has 1 rings (SSSR count). The van der Waals surface area contributed by atoms with Crippen molar-refractivity contribution in [2.75, 3.05) is 24.3 Å². The van der Waals surface area contributed by atoms with Crippen LogP contribution in [0.3, 0.4) is 0 Å². The molecule has 3 nitrogen and oxygen atoms in total. The van der Waals surface area contributed by atoms with Gasteiger partial charge in [-0.05, 0) is 18.2 Å². The lowest BCUT2D eigenvalue weighted by atomic mass is 10.2. The van der Waals surface area contributed by atoms with E-state index in [2.05, 4.69) is 15.9 Å². The number of rotatable bonds is 3. The van der Waals surface area contributed by atoms with Crippen molar-refractivity contribution in [1.29, 1.82) is 0 Å². The summed E-state index contributed by atoms with van der Waals surface area (Å²) in [6, 6.07) is 4.26. The number of alkyl halides is 5. The molecule has 112 valence electrons. The number of anilines is 2. The molecule has 0 radical (unpaired) electrons. The van der Waals surface area contributed by atoms with Gasteiger partial charge in [-0.15, -0.1) is 0 Å². The van der Waals surface area contributed by atoms with E-state index in [-0.39, 0.29) is 5.69 Å². The van der Waals surface area contributed by atoms with Crippen molar-refractivity contribution in [3.63, 3.8) is 0 Å². The Morgan fingerprint density at radius 1 is 1.20 bits per heavy atom. The monoisotopic (exact) mass is 360 g/mol. The average molecular weight is 361 g/mol. The minimum atomic E-state index is -5.94. The number of hydrogen-bond acceptors (Lipinski definition) is 2. The summed E-state index contributed by atoms with van der Waals surface area (Å²) in [4.78, 5) is 12.6. The summed E-state index contributed by atoms with van der Waals surface area (Å²) < 4.78 is 62.5. The van der Waals surface area contributed by atoms with Crippen molar-refractivity contribution in [3.8, 4) is 0 Å². The van der Waals surface area contributed by atoms with Gasteiger partial charge in [0.25, 0.3) is 0 Å². The maximum absolute atomic E-state index is 12.9. The van der Waals surface area contributed by atoms with Gasteiger partial charge in [0.2, 0.25) is 0 Å². The molecule has 0 saturated carbocycles. The molecule has 0 aromatic heterocycles. The Balaban J connectivity index is 3.11. The molecule has 0 saturated heterocycles. The number of carbonyl (C=O) groups excluding carboxylic acids is 1. The van der Waals surface area contributed by atoms with Crippen molar-refractivity contribution < 1.29 is 26.7 Å². The van der Waals surface area contributed by atoms with Crippen LogP contribution in [-0.2, 0) is 4.79 Å². The van der Waals surface area contributed by atoms with Crippen LogP contribution in [0.25, 0.3) is 0 Å². The maximum atomic E-state index is 12.9. The molecular formula is C11H10BrF5N2O. The summed E-state index contributed by atoms with van der Waals surface area (Å²) >= 11 is 3.05. The highest BCUT2D eigenvalue weighted by Gasteiger charge is 2.63. The zero-order chi connectivity index (χ0) is 15.7. The Labute approximate surface area is 119 Å². The van der Waals surface area contributed by atoms with E-state index in [1.165, 1.54) is 17.0 Å². The quantitative estimate of drug-likeness (QED) is 0.834. The van der Waals surface area contributed by atoms with Crippen LogP contribution in [0.15, 0.2) is 22.7 Å². The first-order chi connectivity index (χ1) is 8.96. The summed E-state index contributed by atoms with van der Waals surface area (Å²) in [5.41, 5.74) is 0.137. The van der Waals surface area contributed by atoms with Crippen LogP contribution in [0.1, 0.15) is 0 Å². The number of nitrogens with one attached hydrogen (secondary N) is 1. The molecule has 0 fully saturated rings. The lowest BCUT2D eigenvalue weighted by Crippen LogP contribution is -2.47. The fraction of sp³-hybridized carbons (Fsp3) is 0.364. The summed E-state index contributed by atoms with van der Waals surface area (Å²) in [5, 5.41) is 1.60. The second-order valence-corrected chi connectivity index (χ2v) is 5.00. The third kappa shape index (κ3) is 3.38. The highest BCUT2D eigenvalue weighted by atomic mass is 79.9. The number of carbonyl (C=O) groups is 1. The zero-order valence-corrected chi connectivity index (χ0v) is 11.9. The molecule has 0 aliphatic carbocycles. The second kappa shape index (κ2) is 5.55. The molecule has 1 N–H and O–H groups in total. The van der Waals surface area contributed by atoms with Gasteiger partial charge in [0.1, 0.15) is 0 Å². The smallest absolute Gasteiger partial charge is 0.376 e. The molecule has 0 unspecified atom stereocenters. The van der Waals surface area contributed by atoms with E-state index in [9.17, 15) is 26.7 Å². The standard InChI is InChI=1S/C11H10BrF5N2O/c1-19(2)8-4-3-6(12)5-7(8)18-9(20)10(13,14)11(15,16)17/h3-5H,1-2H3,(H,18,20). The van der Waals surface area contributed by atoms with Gasteiger partial charge in [0.15, 0.2) is 0 Å². The Bertz CT molecular complexity index is 516. The molecule has 1 amide bonds. The van der Waals surface area contributed by atoms with Gasteiger partial charge in [0, 0.05) is 18.6 Å². The molecule has 0 heterocycles. The third-order valence-electron chi connectivity index (χ3n) is 2.33. The number of hydrogen-bond donors (Lipinski definition) is 1. The predicted molar refractivity (Wildman–Crippen MR) is 68.1 cm³/mol. The van der Waals surface area contributed by atoms with Crippen molar-refractivity contribution in [3.05, 3.63) is 22.7 Å². The average Bonchev–Trinajstić information content (AvgIpc) is 2.26. The van der Waals surface area contributed by atoms with Crippen LogP contribution in [0.2, 0.25) is 0 Å². The van der Waals surface area contributed by atoms with Gasteiger partial charge in [-0.3, -0.25) is 4.79 Å². The van der Waals surface area contributed by atoms with Crippen LogP contribution in [0, 0.1) is 0 Å². The number of halogens is 6. The van der Waals surface area contributed by atoms with E-state index in [1.54, 1.807) is 25.5 Å². The zero-order valence-electron chi connectivity index (χ0n) is 10.4. The SMILES string of the molecule is CN(C)c1ccc(Br)cc1NC(=O)C(F)(F)C(F)(F)F. The minimum absolute atomic E-state index is 0.154. The molecule has 20 heavy (non-hydrogen) atoms. The van der Waals surface area contributed by atoms with E-state index in [0.29, 0.717) is 10.2 Å². The van der Waals surface area contributed by atoms with E-state index < -0.39 is 18.0 Å². The molecule has 0 aliphatic heterocycles. The van der Waals surface area contributed by atoms with E-state index in [4.69, 9.17) is 0 Å². The number of nitrogens with zero attached hydrogens (tertiary/aromatic N) is 1. The first-order valence-electron chi connectivity index (χ1n) is 5.19. The first-order valence-corrected chi connectivity index (χ1v) is 5.99. The Kier molecular flexibility index (Phi) is 4.62. The van der Waals surface area contributed by atoms with Crippen molar-refractivity contribution in [1.82, 2.24) is 0 Å². The molecular weight excluding hydrogens is 351 g/mol. The van der Waals surface area contributed by atoms with Crippen molar-refractivity contribution in [2.45, 2.75) is 12.1 Å². The Morgan fingerprint density at radius 3 is 2.20 bits per heavy atom. The number of benzene rings is 1. The van der Waals surface area contributed by atoms with Gasteiger partial charge >= 0.3 is 18.0 Å². The Morgan fingerprint density at radius 2 is 1.75 bits per heavy atom. The van der Waals surface area contributed by atoms with E-state index in [0.717, 1.165) is 0 Å². The maximum Gasteiger partial charge on any atom is 0.463 e. The van der Waals surface area contributed by atoms with Crippen LogP contribution >= 0.6 is 15.9 Å². The van der Waals surface area contributed by atoms with Gasteiger partial charge < -0.3 is 10.2 Å². The fourth-order valence-corrected chi connectivity index (χ4v) is 1.69. The van der Waals surface area contributed by atoms with Crippen molar-refractivity contribution in [2.24, 2.45) is 0 Å². The van der Waals surface area contributed by atoms with E-state index in [1.807, 2.05) is 0 Å². The molecule has 0 atom stereocenters. The summed E-state index contributed by atoms with van der Waals surface area (Å²) in [6.45, 7) is 0. The van der Waals surface area contributed by atoms with Crippen LogP contribution < -0.4 is 10.2 Å². The van der Waals surface area contributed by atoms with Crippen LogP contribution in [-0.4, -0.2) is 32.1 Å². The summed E-state index contributed by atoms with van der Waals surface area (Å²) in [7, 11) is 3.11. The minimum Gasteiger partial charge on any atom is -0.376 e. The third-order valence-corrected chi connectivity index (χ3v) is 2.82. The van der Waals surface area contributed by atoms with Gasteiger partial charge in [-0.1, -0.05) is 15.9 Å². The van der Waals surface area contributed by atoms with Crippen LogP contribution in [0.5, 0.6) is 0 Å². The van der Waals surface area contributed by atoms with Gasteiger partial charge in [-0.2, -0.15) is 22.0 Å². The van der Waals surface area contributed by atoms with Gasteiger partial charge in [-0.25, -0.2) is 0 Å².